The van der Waals surface area contributed by atoms with E-state index in [1.807, 2.05) is 0 Å². The molecule has 2 aromatic rings. The van der Waals surface area contributed by atoms with Crippen LogP contribution in [0, 0.1) is 5.92 Å². The molecule has 0 aromatic heterocycles. The maximum absolute atomic E-state index is 9.56. The summed E-state index contributed by atoms with van der Waals surface area (Å²) in [6.07, 6.45) is 30.6. The highest BCUT2D eigenvalue weighted by Gasteiger charge is 2.50. The fourth-order valence-corrected chi connectivity index (χ4v) is 11.1. The van der Waals surface area contributed by atoms with E-state index in [9.17, 15) is 5.11 Å². The Labute approximate surface area is 273 Å². The summed E-state index contributed by atoms with van der Waals surface area (Å²) in [4.78, 5) is 0. The molecule has 1 atom stereocenters. The molecule has 2 rings (SSSR count). The molecule has 1 unspecified atom stereocenters. The Kier molecular flexibility index (Phi) is 20.3. The average Bonchev–Trinajstić information content (AvgIpc) is 3.03. The molecule has 0 amide bonds. The second-order valence-corrected chi connectivity index (χ2v) is 18.1. The van der Waals surface area contributed by atoms with Crippen LogP contribution in [-0.2, 0) is 4.43 Å². The van der Waals surface area contributed by atoms with Gasteiger partial charge < -0.3 is 9.53 Å². The molecule has 0 radical (unpaired) electrons. The Morgan fingerprint density at radius 1 is 0.636 bits per heavy atom. The minimum absolute atomic E-state index is 0.0114. The van der Waals surface area contributed by atoms with Crippen LogP contribution in [0.4, 0.5) is 0 Å². The Morgan fingerprint density at radius 2 is 1.14 bits per heavy atom. The highest BCUT2D eigenvalue weighted by Crippen LogP contribution is 2.37. The molecule has 0 spiro atoms. The summed E-state index contributed by atoms with van der Waals surface area (Å²) in [5.41, 5.74) is 0. The van der Waals surface area contributed by atoms with Crippen LogP contribution in [0.3, 0.4) is 0 Å². The van der Waals surface area contributed by atoms with Crippen molar-refractivity contribution < 1.29 is 9.53 Å². The summed E-state index contributed by atoms with van der Waals surface area (Å²) in [5.74, 6) is 0.623. The summed E-state index contributed by atoms with van der Waals surface area (Å²) in [6.45, 7) is 10.4. The van der Waals surface area contributed by atoms with Crippen LogP contribution in [0.1, 0.15) is 137 Å². The second kappa shape index (κ2) is 23.4. The van der Waals surface area contributed by atoms with E-state index in [1.165, 1.54) is 93.8 Å². The van der Waals surface area contributed by atoms with E-state index in [1.54, 1.807) is 0 Å². The Bertz CT molecular complexity index is 953. The fourth-order valence-electron chi connectivity index (χ4n) is 6.55. The van der Waals surface area contributed by atoms with Gasteiger partial charge in [-0.05, 0) is 72.7 Å². The summed E-state index contributed by atoms with van der Waals surface area (Å²) >= 11 is 0. The molecule has 0 aliphatic heterocycles. The lowest BCUT2D eigenvalue weighted by Crippen LogP contribution is -2.66. The quantitative estimate of drug-likeness (QED) is 0.0681. The molecule has 0 bridgehead atoms. The van der Waals surface area contributed by atoms with Gasteiger partial charge in [-0.25, -0.2) is 0 Å². The van der Waals surface area contributed by atoms with E-state index >= 15 is 0 Å². The standard InChI is InChI=1S/C41H66O2Si/c1-5-6-7-8-9-10-11-12-13-14-15-16-17-18-19-20-23-29-38(30-28-36-42)35-37-43-44(41(2,3)4,39-31-24-21-25-32-39)40-33-26-22-27-34-40/h9-10,12-13,21-22,24-27,31-34,38,42H,5-8,11,14-20,23,28-30,35-37H2,1-4H3/b10-9-,13-12-. The van der Waals surface area contributed by atoms with E-state index in [4.69, 9.17) is 4.43 Å². The molecule has 0 aliphatic rings. The number of rotatable bonds is 25. The number of aliphatic hydroxyl groups is 1. The van der Waals surface area contributed by atoms with E-state index < -0.39 is 8.32 Å². The van der Waals surface area contributed by atoms with Crippen LogP contribution >= 0.6 is 0 Å². The first-order valence-electron chi connectivity index (χ1n) is 18.1. The molecule has 2 aromatic carbocycles. The highest BCUT2D eigenvalue weighted by molar-refractivity contribution is 6.99. The second-order valence-electron chi connectivity index (χ2n) is 13.8. The van der Waals surface area contributed by atoms with Crippen molar-refractivity contribution in [2.45, 2.75) is 142 Å². The molecule has 3 heteroatoms. The molecular weight excluding hydrogens is 553 g/mol. The van der Waals surface area contributed by atoms with E-state index in [-0.39, 0.29) is 11.6 Å². The van der Waals surface area contributed by atoms with Gasteiger partial charge in [-0.1, -0.05) is 170 Å². The maximum atomic E-state index is 9.56. The van der Waals surface area contributed by atoms with Crippen molar-refractivity contribution in [3.8, 4) is 0 Å². The number of aliphatic hydroxyl groups excluding tert-OH is 1. The Balaban J connectivity index is 1.74. The third kappa shape index (κ3) is 14.4. The van der Waals surface area contributed by atoms with Crippen LogP contribution in [0.5, 0.6) is 0 Å². The van der Waals surface area contributed by atoms with Crippen molar-refractivity contribution in [3.63, 3.8) is 0 Å². The topological polar surface area (TPSA) is 29.5 Å². The van der Waals surface area contributed by atoms with Crippen molar-refractivity contribution in [1.29, 1.82) is 0 Å². The van der Waals surface area contributed by atoms with Crippen molar-refractivity contribution in [2.24, 2.45) is 5.92 Å². The van der Waals surface area contributed by atoms with Crippen molar-refractivity contribution in [3.05, 3.63) is 85.0 Å². The van der Waals surface area contributed by atoms with Crippen LogP contribution in [0.2, 0.25) is 5.04 Å². The van der Waals surface area contributed by atoms with E-state index in [0.717, 1.165) is 32.3 Å². The maximum Gasteiger partial charge on any atom is 0.261 e. The minimum Gasteiger partial charge on any atom is -0.407 e. The Hall–Kier alpha value is -1.94. The van der Waals surface area contributed by atoms with Crippen molar-refractivity contribution >= 4 is 18.7 Å². The molecule has 1 N–H and O–H groups in total. The van der Waals surface area contributed by atoms with Crippen LogP contribution < -0.4 is 10.4 Å². The first kappa shape index (κ1) is 38.2. The number of unbranched alkanes of at least 4 members (excludes halogenated alkanes) is 10. The van der Waals surface area contributed by atoms with Gasteiger partial charge in [-0.3, -0.25) is 0 Å². The van der Waals surface area contributed by atoms with Gasteiger partial charge in [0.1, 0.15) is 0 Å². The third-order valence-electron chi connectivity index (χ3n) is 9.09. The molecule has 0 saturated heterocycles. The molecule has 44 heavy (non-hydrogen) atoms. The van der Waals surface area contributed by atoms with Crippen LogP contribution in [-0.4, -0.2) is 26.6 Å². The molecular formula is C41H66O2Si. The highest BCUT2D eigenvalue weighted by atomic mass is 28.4. The van der Waals surface area contributed by atoms with Crippen molar-refractivity contribution in [2.75, 3.05) is 13.2 Å². The van der Waals surface area contributed by atoms with Crippen molar-refractivity contribution in [1.82, 2.24) is 0 Å². The van der Waals surface area contributed by atoms with Gasteiger partial charge in [0.2, 0.25) is 0 Å². The normalized spacial score (nSPS) is 13.3. The SMILES string of the molecule is CCCCC/C=C\C/C=C\CCCCCCCCCC(CCCO)CCO[Si](c1ccccc1)(c1ccccc1)C(C)(C)C. The number of hydrogen-bond acceptors (Lipinski definition) is 2. The van der Waals surface area contributed by atoms with E-state index in [2.05, 4.69) is 113 Å². The van der Waals surface area contributed by atoms with Crippen LogP contribution in [0.25, 0.3) is 0 Å². The molecule has 2 nitrogen and oxygen atoms in total. The van der Waals surface area contributed by atoms with E-state index in [0.29, 0.717) is 5.92 Å². The average molecular weight is 619 g/mol. The van der Waals surface area contributed by atoms with Gasteiger partial charge in [0.05, 0.1) is 0 Å². The number of allylic oxidation sites excluding steroid dienone is 4. The lowest BCUT2D eigenvalue weighted by Gasteiger charge is -2.43. The Morgan fingerprint density at radius 3 is 1.66 bits per heavy atom. The van der Waals surface area contributed by atoms with Gasteiger partial charge in [-0.15, -0.1) is 0 Å². The zero-order chi connectivity index (χ0) is 31.8. The van der Waals surface area contributed by atoms with Gasteiger partial charge in [0.15, 0.2) is 0 Å². The fraction of sp³-hybridized carbons (Fsp3) is 0.610. The summed E-state index contributed by atoms with van der Waals surface area (Å²) < 4.78 is 7.18. The predicted octanol–water partition coefficient (Wildman–Crippen LogP) is 10.9. The summed E-state index contributed by atoms with van der Waals surface area (Å²) in [6, 6.07) is 22.0. The lowest BCUT2D eigenvalue weighted by atomic mass is 9.93. The molecule has 0 aliphatic carbocycles. The monoisotopic (exact) mass is 618 g/mol. The zero-order valence-corrected chi connectivity index (χ0v) is 30.0. The molecule has 0 fully saturated rings. The van der Waals surface area contributed by atoms with Crippen LogP contribution in [0.15, 0.2) is 85.0 Å². The molecule has 246 valence electrons. The molecule has 0 heterocycles. The summed E-state index contributed by atoms with van der Waals surface area (Å²) in [5, 5.41) is 12.3. The molecule has 0 saturated carbocycles. The van der Waals surface area contributed by atoms with Gasteiger partial charge in [0, 0.05) is 13.2 Å². The minimum atomic E-state index is -2.48. The number of hydrogen-bond donors (Lipinski definition) is 1. The zero-order valence-electron chi connectivity index (χ0n) is 29.0. The lowest BCUT2D eigenvalue weighted by molar-refractivity contribution is 0.229. The largest absolute Gasteiger partial charge is 0.407 e. The smallest absolute Gasteiger partial charge is 0.261 e. The van der Waals surface area contributed by atoms with Gasteiger partial charge in [0.25, 0.3) is 8.32 Å². The summed E-state index contributed by atoms with van der Waals surface area (Å²) in [7, 11) is -2.48. The first-order chi connectivity index (χ1) is 21.5. The predicted molar refractivity (Wildman–Crippen MR) is 197 cm³/mol. The number of benzene rings is 2. The van der Waals surface area contributed by atoms with Gasteiger partial charge in [-0.2, -0.15) is 0 Å². The third-order valence-corrected chi connectivity index (χ3v) is 14.1. The van der Waals surface area contributed by atoms with Gasteiger partial charge >= 0.3 is 0 Å². The first-order valence-corrected chi connectivity index (χ1v) is 20.0.